The van der Waals surface area contributed by atoms with Crippen molar-refractivity contribution in [3.05, 3.63) is 42.2 Å². The predicted molar refractivity (Wildman–Crippen MR) is 128 cm³/mol. The lowest BCUT2D eigenvalue weighted by molar-refractivity contribution is 0.0773. The Bertz CT molecular complexity index is 861. The van der Waals surface area contributed by atoms with Gasteiger partial charge in [-0.15, -0.1) is 0 Å². The number of aromatic nitrogens is 1. The van der Waals surface area contributed by atoms with Gasteiger partial charge >= 0.3 is 0 Å². The number of rotatable bonds is 9. The Morgan fingerprint density at radius 3 is 2.29 bits per heavy atom. The lowest BCUT2D eigenvalue weighted by atomic mass is 10.1. The van der Waals surface area contributed by atoms with Crippen LogP contribution in [-0.4, -0.2) is 68.7 Å². The van der Waals surface area contributed by atoms with E-state index in [9.17, 15) is 4.79 Å². The fourth-order valence-electron chi connectivity index (χ4n) is 4.05. The fourth-order valence-corrected chi connectivity index (χ4v) is 4.05. The number of benzene rings is 1. The van der Waals surface area contributed by atoms with Gasteiger partial charge < -0.3 is 24.8 Å². The SMILES string of the molecule is CCCNc1c(C(=O)N(CC)CC)cncc1N1CCN(c2ccccc2OC)CC1. The van der Waals surface area contributed by atoms with Gasteiger partial charge in [-0.1, -0.05) is 19.1 Å². The van der Waals surface area contributed by atoms with Crippen LogP contribution in [0.4, 0.5) is 17.1 Å². The van der Waals surface area contributed by atoms with Crippen molar-refractivity contribution < 1.29 is 9.53 Å². The van der Waals surface area contributed by atoms with Gasteiger partial charge in [0.05, 0.1) is 35.9 Å². The van der Waals surface area contributed by atoms with Crippen LogP contribution in [0, 0.1) is 0 Å². The number of amides is 1. The zero-order valence-corrected chi connectivity index (χ0v) is 19.2. The van der Waals surface area contributed by atoms with Crippen LogP contribution in [0.15, 0.2) is 36.7 Å². The van der Waals surface area contributed by atoms with E-state index in [0.29, 0.717) is 18.7 Å². The van der Waals surface area contributed by atoms with Crippen LogP contribution in [0.5, 0.6) is 5.75 Å². The van der Waals surface area contributed by atoms with Gasteiger partial charge in [-0.2, -0.15) is 0 Å². The lowest BCUT2D eigenvalue weighted by Gasteiger charge is -2.38. The van der Waals surface area contributed by atoms with Crippen LogP contribution in [0.25, 0.3) is 0 Å². The molecule has 0 bridgehead atoms. The van der Waals surface area contributed by atoms with Crippen molar-refractivity contribution in [3.63, 3.8) is 0 Å². The molecule has 0 unspecified atom stereocenters. The molecule has 7 nitrogen and oxygen atoms in total. The predicted octanol–water partition coefficient (Wildman–Crippen LogP) is 3.72. The molecule has 0 atom stereocenters. The van der Waals surface area contributed by atoms with Crippen molar-refractivity contribution in [2.75, 3.05) is 68.0 Å². The molecule has 1 fully saturated rings. The van der Waals surface area contributed by atoms with Crippen LogP contribution in [0.3, 0.4) is 0 Å². The van der Waals surface area contributed by atoms with E-state index in [2.05, 4.69) is 33.1 Å². The minimum atomic E-state index is 0.0330. The minimum Gasteiger partial charge on any atom is -0.495 e. The number of anilines is 3. The highest BCUT2D eigenvalue weighted by atomic mass is 16.5. The monoisotopic (exact) mass is 425 g/mol. The van der Waals surface area contributed by atoms with Crippen molar-refractivity contribution in [2.24, 2.45) is 0 Å². The largest absolute Gasteiger partial charge is 0.495 e. The molecule has 31 heavy (non-hydrogen) atoms. The molecule has 3 rings (SSSR count). The maximum Gasteiger partial charge on any atom is 0.257 e. The second kappa shape index (κ2) is 10.9. The van der Waals surface area contributed by atoms with E-state index >= 15 is 0 Å². The summed E-state index contributed by atoms with van der Waals surface area (Å²) in [5, 5.41) is 3.51. The van der Waals surface area contributed by atoms with E-state index in [1.165, 1.54) is 0 Å². The lowest BCUT2D eigenvalue weighted by Crippen LogP contribution is -2.47. The maximum atomic E-state index is 13.1. The highest BCUT2D eigenvalue weighted by Crippen LogP contribution is 2.33. The second-order valence-electron chi connectivity index (χ2n) is 7.63. The summed E-state index contributed by atoms with van der Waals surface area (Å²) in [4.78, 5) is 24.1. The minimum absolute atomic E-state index is 0.0330. The first kappa shape index (κ1) is 22.7. The molecular formula is C24H35N5O2. The van der Waals surface area contributed by atoms with Gasteiger partial charge in [0.1, 0.15) is 5.75 Å². The van der Waals surface area contributed by atoms with Crippen molar-refractivity contribution in [2.45, 2.75) is 27.2 Å². The number of carbonyl (C=O) groups excluding carboxylic acids is 1. The number of methoxy groups -OCH3 is 1. The Morgan fingerprint density at radius 2 is 1.68 bits per heavy atom. The normalized spacial score (nSPS) is 13.8. The number of nitrogens with zero attached hydrogens (tertiary/aromatic N) is 4. The first-order valence-electron chi connectivity index (χ1n) is 11.3. The number of pyridine rings is 1. The summed E-state index contributed by atoms with van der Waals surface area (Å²) in [6.45, 7) is 11.8. The summed E-state index contributed by atoms with van der Waals surface area (Å²) in [6, 6.07) is 8.14. The van der Waals surface area contributed by atoms with Crippen molar-refractivity contribution in [3.8, 4) is 5.75 Å². The van der Waals surface area contributed by atoms with E-state index < -0.39 is 0 Å². The number of para-hydroxylation sites is 2. The van der Waals surface area contributed by atoms with Crippen molar-refractivity contribution in [1.82, 2.24) is 9.88 Å². The van der Waals surface area contributed by atoms with Gasteiger partial charge in [0.2, 0.25) is 0 Å². The summed E-state index contributed by atoms with van der Waals surface area (Å²) in [6.07, 6.45) is 4.57. The standard InChI is InChI=1S/C24H35N5O2/c1-5-12-26-23-19(24(30)27(6-2)7-3)17-25-18-21(23)29-15-13-28(14-16-29)20-10-8-9-11-22(20)31-4/h8-11,17-18H,5-7,12-16H2,1-4H3,(H,25,26). The second-order valence-corrected chi connectivity index (χ2v) is 7.63. The van der Waals surface area contributed by atoms with Crippen molar-refractivity contribution >= 4 is 23.0 Å². The maximum absolute atomic E-state index is 13.1. The smallest absolute Gasteiger partial charge is 0.257 e. The molecule has 0 saturated carbocycles. The van der Waals surface area contributed by atoms with Crippen LogP contribution in [-0.2, 0) is 0 Å². The molecule has 1 aliphatic rings. The van der Waals surface area contributed by atoms with E-state index in [-0.39, 0.29) is 5.91 Å². The molecule has 1 aliphatic heterocycles. The zero-order valence-electron chi connectivity index (χ0n) is 19.2. The molecule has 1 saturated heterocycles. The van der Waals surface area contributed by atoms with Crippen molar-refractivity contribution in [1.29, 1.82) is 0 Å². The average Bonchev–Trinajstić information content (AvgIpc) is 2.83. The molecule has 1 aromatic heterocycles. The molecule has 0 spiro atoms. The first-order valence-corrected chi connectivity index (χ1v) is 11.3. The summed E-state index contributed by atoms with van der Waals surface area (Å²) in [5.74, 6) is 0.931. The van der Waals surface area contributed by atoms with E-state index in [1.807, 2.05) is 43.1 Å². The molecule has 2 aromatic rings. The Hall–Kier alpha value is -2.96. The molecule has 168 valence electrons. The van der Waals surface area contributed by atoms with E-state index in [4.69, 9.17) is 4.74 Å². The molecule has 0 aliphatic carbocycles. The number of hydrogen-bond acceptors (Lipinski definition) is 6. The summed E-state index contributed by atoms with van der Waals surface area (Å²) in [7, 11) is 1.71. The highest BCUT2D eigenvalue weighted by Gasteiger charge is 2.25. The molecular weight excluding hydrogens is 390 g/mol. The highest BCUT2D eigenvalue weighted by molar-refractivity contribution is 6.02. The van der Waals surface area contributed by atoms with Gasteiger partial charge in [0.25, 0.3) is 5.91 Å². The number of nitrogens with one attached hydrogen (secondary N) is 1. The number of ether oxygens (including phenoxy) is 1. The molecule has 1 aromatic carbocycles. The Balaban J connectivity index is 1.84. The molecule has 0 radical (unpaired) electrons. The number of carbonyl (C=O) groups is 1. The van der Waals surface area contributed by atoms with Gasteiger partial charge in [-0.25, -0.2) is 0 Å². The van der Waals surface area contributed by atoms with Gasteiger partial charge in [0.15, 0.2) is 0 Å². The Labute approximate surface area is 186 Å². The summed E-state index contributed by atoms with van der Waals surface area (Å²) >= 11 is 0. The molecule has 1 amide bonds. The number of piperazine rings is 1. The van der Waals surface area contributed by atoms with Crippen LogP contribution < -0.4 is 19.9 Å². The first-order chi connectivity index (χ1) is 15.1. The summed E-state index contributed by atoms with van der Waals surface area (Å²) in [5.41, 5.74) is 3.69. The molecule has 1 N–H and O–H groups in total. The summed E-state index contributed by atoms with van der Waals surface area (Å²) < 4.78 is 5.54. The van der Waals surface area contributed by atoms with Crippen LogP contribution in [0.2, 0.25) is 0 Å². The fraction of sp³-hybridized carbons (Fsp3) is 0.500. The third kappa shape index (κ3) is 5.03. The topological polar surface area (TPSA) is 60.9 Å². The van der Waals surface area contributed by atoms with E-state index in [0.717, 1.165) is 62.0 Å². The Kier molecular flexibility index (Phi) is 7.98. The molecule has 7 heteroatoms. The molecule has 2 heterocycles. The van der Waals surface area contributed by atoms with Crippen LogP contribution >= 0.6 is 0 Å². The quantitative estimate of drug-likeness (QED) is 0.661. The number of hydrogen-bond donors (Lipinski definition) is 1. The third-order valence-electron chi connectivity index (χ3n) is 5.80. The van der Waals surface area contributed by atoms with Gasteiger partial charge in [0, 0.05) is 52.0 Å². The third-order valence-corrected chi connectivity index (χ3v) is 5.80. The van der Waals surface area contributed by atoms with Crippen LogP contribution in [0.1, 0.15) is 37.6 Å². The van der Waals surface area contributed by atoms with E-state index in [1.54, 1.807) is 13.3 Å². The van der Waals surface area contributed by atoms with Gasteiger partial charge in [-0.05, 0) is 32.4 Å². The zero-order chi connectivity index (χ0) is 22.2. The Morgan fingerprint density at radius 1 is 1.03 bits per heavy atom. The average molecular weight is 426 g/mol. The van der Waals surface area contributed by atoms with Gasteiger partial charge in [-0.3, -0.25) is 9.78 Å².